The maximum absolute atomic E-state index is 12.3. The van der Waals surface area contributed by atoms with E-state index in [4.69, 9.17) is 5.10 Å². The van der Waals surface area contributed by atoms with Gasteiger partial charge in [0.15, 0.2) is 11.5 Å². The topological polar surface area (TPSA) is 75.4 Å². The molecule has 27 heavy (non-hydrogen) atoms. The first kappa shape index (κ1) is 16.2. The van der Waals surface area contributed by atoms with E-state index < -0.39 is 0 Å². The number of benzene rings is 1. The third kappa shape index (κ3) is 3.25. The Kier molecular flexibility index (Phi) is 3.99. The van der Waals surface area contributed by atoms with E-state index in [1.54, 1.807) is 0 Å². The van der Waals surface area contributed by atoms with Gasteiger partial charge in [0.2, 0.25) is 0 Å². The van der Waals surface area contributed by atoms with E-state index in [0.717, 1.165) is 43.2 Å². The van der Waals surface area contributed by atoms with Gasteiger partial charge in [0.25, 0.3) is 5.91 Å². The van der Waals surface area contributed by atoms with Gasteiger partial charge in [0, 0.05) is 30.6 Å². The molecule has 7 heteroatoms. The molecular weight excluding hydrogens is 340 g/mol. The zero-order valence-corrected chi connectivity index (χ0v) is 15.1. The highest BCUT2D eigenvalue weighted by molar-refractivity contribution is 5.94. The number of carbonyl (C=O) groups is 1. The molecule has 3 aromatic rings. The SMILES string of the molecule is O=C(NC1CCN(c2ccc3nnc(C4CC4)n3n2)CC1)c1ccccc1. The molecule has 1 N–H and O–H groups in total. The summed E-state index contributed by atoms with van der Waals surface area (Å²) in [7, 11) is 0. The quantitative estimate of drug-likeness (QED) is 0.771. The number of nitrogens with zero attached hydrogens (tertiary/aromatic N) is 5. The van der Waals surface area contributed by atoms with Crippen LogP contribution in [0.5, 0.6) is 0 Å². The smallest absolute Gasteiger partial charge is 0.251 e. The van der Waals surface area contributed by atoms with E-state index in [9.17, 15) is 4.79 Å². The molecule has 1 aromatic carbocycles. The largest absolute Gasteiger partial charge is 0.355 e. The number of rotatable bonds is 4. The average molecular weight is 362 g/mol. The van der Waals surface area contributed by atoms with Crippen molar-refractivity contribution in [1.29, 1.82) is 0 Å². The van der Waals surface area contributed by atoms with Crippen LogP contribution in [0.15, 0.2) is 42.5 Å². The van der Waals surface area contributed by atoms with Crippen LogP contribution in [0.1, 0.15) is 47.8 Å². The first-order valence-corrected chi connectivity index (χ1v) is 9.61. The van der Waals surface area contributed by atoms with Crippen LogP contribution in [0.2, 0.25) is 0 Å². The maximum atomic E-state index is 12.3. The second-order valence-electron chi connectivity index (χ2n) is 7.39. The Morgan fingerprint density at radius 1 is 0.963 bits per heavy atom. The molecular formula is C20H22N6O. The monoisotopic (exact) mass is 362 g/mol. The van der Waals surface area contributed by atoms with Crippen molar-refractivity contribution < 1.29 is 4.79 Å². The van der Waals surface area contributed by atoms with Gasteiger partial charge in [-0.25, -0.2) is 0 Å². The Bertz CT molecular complexity index is 957. The van der Waals surface area contributed by atoms with Crippen molar-refractivity contribution in [2.45, 2.75) is 37.6 Å². The number of anilines is 1. The first-order chi connectivity index (χ1) is 13.3. The van der Waals surface area contributed by atoms with Crippen LogP contribution in [0, 0.1) is 0 Å². The molecule has 1 saturated carbocycles. The van der Waals surface area contributed by atoms with E-state index in [2.05, 4.69) is 20.4 Å². The number of fused-ring (bicyclic) bond motifs is 1. The number of nitrogens with one attached hydrogen (secondary N) is 1. The molecule has 1 amide bonds. The zero-order valence-electron chi connectivity index (χ0n) is 15.1. The third-order valence-corrected chi connectivity index (χ3v) is 5.41. The summed E-state index contributed by atoms with van der Waals surface area (Å²) in [6.45, 7) is 1.75. The van der Waals surface area contributed by atoms with Crippen molar-refractivity contribution >= 4 is 17.4 Å². The standard InChI is InChI=1S/C20H22N6O/c27-20(15-4-2-1-3-5-15)21-16-10-12-25(13-11-16)18-9-8-17-22-23-19(14-6-7-14)26(17)24-18/h1-5,8-9,14,16H,6-7,10-13H2,(H,21,27). The molecule has 1 aliphatic carbocycles. The van der Waals surface area contributed by atoms with Crippen LogP contribution in [0.3, 0.4) is 0 Å². The molecule has 0 bridgehead atoms. The molecule has 0 unspecified atom stereocenters. The predicted molar refractivity (Wildman–Crippen MR) is 102 cm³/mol. The molecule has 2 fully saturated rings. The molecule has 7 nitrogen and oxygen atoms in total. The van der Waals surface area contributed by atoms with Crippen molar-refractivity contribution in [2.24, 2.45) is 0 Å². The van der Waals surface area contributed by atoms with Crippen LogP contribution in [-0.2, 0) is 0 Å². The minimum atomic E-state index is 0.00663. The third-order valence-electron chi connectivity index (χ3n) is 5.41. The lowest BCUT2D eigenvalue weighted by Crippen LogP contribution is -2.45. The maximum Gasteiger partial charge on any atom is 0.251 e. The highest BCUT2D eigenvalue weighted by Crippen LogP contribution is 2.38. The van der Waals surface area contributed by atoms with Crippen LogP contribution in [-0.4, -0.2) is 44.8 Å². The number of hydrogen-bond acceptors (Lipinski definition) is 5. The summed E-state index contributed by atoms with van der Waals surface area (Å²) in [5.74, 6) is 2.46. The molecule has 1 saturated heterocycles. The molecule has 0 spiro atoms. The summed E-state index contributed by atoms with van der Waals surface area (Å²) in [5.41, 5.74) is 1.53. The van der Waals surface area contributed by atoms with E-state index >= 15 is 0 Å². The van der Waals surface area contributed by atoms with Gasteiger partial charge >= 0.3 is 0 Å². The Morgan fingerprint density at radius 2 is 1.74 bits per heavy atom. The van der Waals surface area contributed by atoms with Gasteiger partial charge in [-0.15, -0.1) is 15.3 Å². The summed E-state index contributed by atoms with van der Waals surface area (Å²) >= 11 is 0. The summed E-state index contributed by atoms with van der Waals surface area (Å²) in [4.78, 5) is 14.6. The van der Waals surface area contributed by atoms with Crippen molar-refractivity contribution in [1.82, 2.24) is 25.1 Å². The minimum Gasteiger partial charge on any atom is -0.355 e. The second kappa shape index (κ2) is 6.64. The van der Waals surface area contributed by atoms with Crippen molar-refractivity contribution in [3.63, 3.8) is 0 Å². The Morgan fingerprint density at radius 3 is 2.48 bits per heavy atom. The Hall–Kier alpha value is -2.96. The zero-order chi connectivity index (χ0) is 18.2. The fraction of sp³-hybridized carbons (Fsp3) is 0.400. The minimum absolute atomic E-state index is 0.00663. The van der Waals surface area contributed by atoms with Gasteiger partial charge in [-0.3, -0.25) is 4.79 Å². The van der Waals surface area contributed by atoms with Gasteiger partial charge in [0.1, 0.15) is 5.82 Å². The highest BCUT2D eigenvalue weighted by Gasteiger charge is 2.30. The normalized spacial score (nSPS) is 18.0. The van der Waals surface area contributed by atoms with Crippen molar-refractivity contribution in [2.75, 3.05) is 18.0 Å². The summed E-state index contributed by atoms with van der Waals surface area (Å²) in [5, 5.41) is 16.5. The number of carbonyl (C=O) groups excluding carboxylic acids is 1. The lowest BCUT2D eigenvalue weighted by Gasteiger charge is -2.33. The Labute approximate surface area is 157 Å². The lowest BCUT2D eigenvalue weighted by molar-refractivity contribution is 0.0931. The van der Waals surface area contributed by atoms with E-state index in [1.165, 1.54) is 12.8 Å². The van der Waals surface area contributed by atoms with Crippen molar-refractivity contribution in [3.05, 3.63) is 53.9 Å². The van der Waals surface area contributed by atoms with Crippen LogP contribution < -0.4 is 10.2 Å². The van der Waals surface area contributed by atoms with E-state index in [1.807, 2.05) is 47.0 Å². The number of hydrogen-bond donors (Lipinski definition) is 1. The molecule has 5 rings (SSSR count). The molecule has 1 aliphatic heterocycles. The van der Waals surface area contributed by atoms with E-state index in [0.29, 0.717) is 11.5 Å². The molecule has 3 heterocycles. The molecule has 0 atom stereocenters. The summed E-state index contributed by atoms with van der Waals surface area (Å²) < 4.78 is 1.90. The van der Waals surface area contributed by atoms with Gasteiger partial charge < -0.3 is 10.2 Å². The molecule has 0 radical (unpaired) electrons. The summed E-state index contributed by atoms with van der Waals surface area (Å²) in [6.07, 6.45) is 4.18. The first-order valence-electron chi connectivity index (χ1n) is 9.61. The predicted octanol–water partition coefficient (Wildman–Crippen LogP) is 2.40. The van der Waals surface area contributed by atoms with Gasteiger partial charge in [-0.1, -0.05) is 18.2 Å². The van der Waals surface area contributed by atoms with Crippen LogP contribution >= 0.6 is 0 Å². The molecule has 138 valence electrons. The van der Waals surface area contributed by atoms with Crippen LogP contribution in [0.4, 0.5) is 5.82 Å². The molecule has 2 aromatic heterocycles. The fourth-order valence-corrected chi connectivity index (χ4v) is 3.67. The number of piperidine rings is 1. The molecule has 2 aliphatic rings. The lowest BCUT2D eigenvalue weighted by atomic mass is 10.0. The number of amides is 1. The van der Waals surface area contributed by atoms with Gasteiger partial charge in [-0.05, 0) is 49.9 Å². The number of aromatic nitrogens is 4. The fourth-order valence-electron chi connectivity index (χ4n) is 3.67. The summed E-state index contributed by atoms with van der Waals surface area (Å²) in [6, 6.07) is 13.6. The van der Waals surface area contributed by atoms with Gasteiger partial charge in [0.05, 0.1) is 0 Å². The highest BCUT2D eigenvalue weighted by atomic mass is 16.1. The van der Waals surface area contributed by atoms with E-state index in [-0.39, 0.29) is 11.9 Å². The van der Waals surface area contributed by atoms with Crippen LogP contribution in [0.25, 0.3) is 5.65 Å². The van der Waals surface area contributed by atoms with Gasteiger partial charge in [-0.2, -0.15) is 4.52 Å². The Balaban J connectivity index is 1.24. The van der Waals surface area contributed by atoms with Crippen molar-refractivity contribution in [3.8, 4) is 0 Å². The second-order valence-corrected chi connectivity index (χ2v) is 7.39. The average Bonchev–Trinajstić information content (AvgIpc) is 3.48.